The van der Waals surface area contributed by atoms with Crippen LogP contribution in [-0.4, -0.2) is 66.4 Å². The van der Waals surface area contributed by atoms with Crippen molar-refractivity contribution in [1.29, 1.82) is 0 Å². The number of esters is 1. The molecule has 0 rings (SSSR count). The van der Waals surface area contributed by atoms with Crippen molar-refractivity contribution in [3.63, 3.8) is 0 Å². The van der Waals surface area contributed by atoms with Gasteiger partial charge in [-0.2, -0.15) is 87.8 Å². The van der Waals surface area contributed by atoms with Gasteiger partial charge in [0, 0.05) is 0 Å². The van der Waals surface area contributed by atoms with Crippen molar-refractivity contribution in [2.45, 2.75) is 86.9 Å². The van der Waals surface area contributed by atoms with Crippen molar-refractivity contribution in [3.8, 4) is 0 Å². The zero-order valence-electron chi connectivity index (χ0n) is 18.7. The number of rotatable bonds is 12. The van der Waals surface area contributed by atoms with Crippen LogP contribution in [0.4, 0.5) is 87.8 Å². The lowest BCUT2D eigenvalue weighted by molar-refractivity contribution is -0.470. The Morgan fingerprint density at radius 3 is 1.05 bits per heavy atom. The second-order valence-corrected chi connectivity index (χ2v) is 7.75. The van der Waals surface area contributed by atoms with Crippen molar-refractivity contribution in [1.82, 2.24) is 0 Å². The fraction of sp³-hybridized carbons (Fsp3) is 0.941. The van der Waals surface area contributed by atoms with Gasteiger partial charge in [-0.25, -0.2) is 0 Å². The maximum absolute atomic E-state index is 14.7. The lowest BCUT2D eigenvalue weighted by Gasteiger charge is -2.47. The van der Waals surface area contributed by atoms with E-state index in [0.29, 0.717) is 6.92 Å². The predicted molar refractivity (Wildman–Crippen MR) is 85.3 cm³/mol. The van der Waals surface area contributed by atoms with Crippen LogP contribution < -0.4 is 0 Å². The molecule has 1 atom stereocenters. The Morgan fingerprint density at radius 1 is 0.487 bits per heavy atom. The van der Waals surface area contributed by atoms with Crippen molar-refractivity contribution in [2.75, 3.05) is 6.61 Å². The van der Waals surface area contributed by atoms with Crippen LogP contribution >= 0.6 is 0 Å². The molecule has 0 radical (unpaired) electrons. The molecule has 0 aliphatic rings. The summed E-state index contributed by atoms with van der Waals surface area (Å²) in [5.41, 5.74) is -6.29. The first-order valence-electron chi connectivity index (χ1n) is 9.74. The van der Waals surface area contributed by atoms with Crippen LogP contribution in [0, 0.1) is 5.41 Å². The summed E-state index contributed by atoms with van der Waals surface area (Å²) in [4.78, 5) is 11.8. The molecule has 0 fully saturated rings. The Hall–Kier alpha value is -1.93. The molecule has 0 saturated carbocycles. The minimum Gasteiger partial charge on any atom is -0.465 e. The van der Waals surface area contributed by atoms with E-state index >= 15 is 0 Å². The predicted octanol–water partition coefficient (Wildman–Crippen LogP) is 8.30. The van der Waals surface area contributed by atoms with Crippen molar-refractivity contribution >= 4 is 5.97 Å². The van der Waals surface area contributed by atoms with Crippen molar-refractivity contribution in [3.05, 3.63) is 0 Å². The highest BCUT2D eigenvalue weighted by molar-refractivity contribution is 5.79. The van der Waals surface area contributed by atoms with Gasteiger partial charge in [-0.1, -0.05) is 19.8 Å². The van der Waals surface area contributed by atoms with Crippen LogP contribution in [0.3, 0.4) is 0 Å². The quantitative estimate of drug-likeness (QED) is 0.160. The van der Waals surface area contributed by atoms with E-state index < -0.39 is 91.1 Å². The number of hydrogen-bond donors (Lipinski definition) is 0. The van der Waals surface area contributed by atoms with Gasteiger partial charge >= 0.3 is 59.8 Å². The number of carbonyl (C=O) groups is 1. The van der Waals surface area contributed by atoms with Crippen molar-refractivity contribution in [2.24, 2.45) is 5.41 Å². The average molecular weight is 630 g/mol. The largest absolute Gasteiger partial charge is 0.465 e. The Bertz CT molecular complexity index is 870. The third-order valence-electron chi connectivity index (χ3n) is 5.27. The molecule has 0 spiro atoms. The molecule has 0 aromatic carbocycles. The van der Waals surface area contributed by atoms with Gasteiger partial charge in [-0.05, 0) is 13.3 Å². The molecule has 0 aliphatic heterocycles. The van der Waals surface area contributed by atoms with Gasteiger partial charge in [0.1, 0.15) is 0 Å². The smallest absolute Gasteiger partial charge is 0.460 e. The molecule has 0 heterocycles. The van der Waals surface area contributed by atoms with Crippen LogP contribution in [0.15, 0.2) is 0 Å². The number of unbranched alkanes of at least 4 members (excludes halogenated alkanes) is 1. The summed E-state index contributed by atoms with van der Waals surface area (Å²) in [7, 11) is 0. The topological polar surface area (TPSA) is 26.3 Å². The molecule has 2 nitrogen and oxygen atoms in total. The van der Waals surface area contributed by atoms with Crippen LogP contribution in [0.1, 0.15) is 33.1 Å². The van der Waals surface area contributed by atoms with Gasteiger partial charge < -0.3 is 4.74 Å². The Morgan fingerprint density at radius 2 is 0.795 bits per heavy atom. The zero-order chi connectivity index (χ0) is 32.1. The maximum atomic E-state index is 14.7. The van der Waals surface area contributed by atoms with E-state index in [1.54, 1.807) is 0 Å². The molecule has 0 aromatic heterocycles. The number of carbonyl (C=O) groups excluding carboxylic acids is 1. The second-order valence-electron chi connectivity index (χ2n) is 7.75. The van der Waals surface area contributed by atoms with Crippen LogP contribution in [0.2, 0.25) is 0 Å². The summed E-state index contributed by atoms with van der Waals surface area (Å²) in [6.07, 6.45) is -20.1. The van der Waals surface area contributed by atoms with E-state index in [2.05, 4.69) is 4.74 Å². The lowest BCUT2D eigenvalue weighted by atomic mass is 9.71. The van der Waals surface area contributed by atoms with Crippen LogP contribution in [-0.2, 0) is 9.53 Å². The van der Waals surface area contributed by atoms with Gasteiger partial charge in [-0.15, -0.1) is 0 Å². The Kier molecular flexibility index (Phi) is 9.66. The lowest BCUT2D eigenvalue weighted by Crippen LogP contribution is -2.77. The monoisotopic (exact) mass is 630 g/mol. The zero-order valence-corrected chi connectivity index (χ0v) is 18.7. The van der Waals surface area contributed by atoms with E-state index in [9.17, 15) is 92.6 Å². The second kappa shape index (κ2) is 10.2. The van der Waals surface area contributed by atoms with Crippen LogP contribution in [0.5, 0.6) is 0 Å². The minimum absolute atomic E-state index is 0.529. The van der Waals surface area contributed by atoms with Gasteiger partial charge in [0.05, 0.1) is 6.61 Å². The molecule has 0 saturated heterocycles. The summed E-state index contributed by atoms with van der Waals surface area (Å²) in [6, 6.07) is 0. The molecule has 0 aromatic rings. The van der Waals surface area contributed by atoms with E-state index in [4.69, 9.17) is 0 Å². The van der Waals surface area contributed by atoms with Gasteiger partial charge in [-0.3, -0.25) is 4.79 Å². The number of halogens is 20. The molecule has 22 heteroatoms. The molecule has 0 N–H and O–H groups in total. The van der Waals surface area contributed by atoms with Crippen LogP contribution in [0.25, 0.3) is 0 Å². The van der Waals surface area contributed by atoms with Gasteiger partial charge in [0.15, 0.2) is 0 Å². The highest BCUT2D eigenvalue weighted by atomic mass is 19.4. The minimum atomic E-state index is -9.08. The summed E-state index contributed by atoms with van der Waals surface area (Å²) in [5.74, 6) is -64.6. The molecule has 234 valence electrons. The molecule has 1 unspecified atom stereocenters. The normalized spacial score (nSPS) is 17.2. The third-order valence-corrected chi connectivity index (χ3v) is 5.27. The highest BCUT2D eigenvalue weighted by Crippen LogP contribution is 2.68. The molecule has 0 aliphatic carbocycles. The number of alkyl halides is 20. The molecular formula is C17H14F20O2. The summed E-state index contributed by atoms with van der Waals surface area (Å²) >= 11 is 0. The maximum Gasteiger partial charge on any atom is 0.460 e. The summed E-state index contributed by atoms with van der Waals surface area (Å²) < 4.78 is 274. The Balaban J connectivity index is 7.55. The van der Waals surface area contributed by atoms with E-state index in [1.165, 1.54) is 0 Å². The molecule has 0 bridgehead atoms. The summed E-state index contributed by atoms with van der Waals surface area (Å²) in [6.45, 7) is -0.0655. The van der Waals surface area contributed by atoms with E-state index in [-0.39, 0.29) is 0 Å². The molecule has 0 amide bonds. The fourth-order valence-corrected chi connectivity index (χ4v) is 2.95. The fourth-order valence-electron chi connectivity index (χ4n) is 2.95. The third kappa shape index (κ3) is 4.83. The first-order chi connectivity index (χ1) is 16.8. The number of hydrogen-bond acceptors (Lipinski definition) is 2. The van der Waals surface area contributed by atoms with Gasteiger partial charge in [0.2, 0.25) is 5.41 Å². The molecular weight excluding hydrogens is 616 g/mol. The highest BCUT2D eigenvalue weighted by Gasteiger charge is 2.97. The van der Waals surface area contributed by atoms with E-state index in [1.807, 2.05) is 0 Å². The van der Waals surface area contributed by atoms with Gasteiger partial charge in [0.25, 0.3) is 0 Å². The average Bonchev–Trinajstić information content (AvgIpc) is 2.71. The number of ether oxygens (including phenoxy) is 1. The van der Waals surface area contributed by atoms with Crippen molar-refractivity contribution < 1.29 is 97.3 Å². The first-order valence-corrected chi connectivity index (χ1v) is 9.74. The molecule has 39 heavy (non-hydrogen) atoms. The van der Waals surface area contributed by atoms with E-state index in [0.717, 1.165) is 6.92 Å². The first kappa shape index (κ1) is 37.1. The summed E-state index contributed by atoms with van der Waals surface area (Å²) in [5, 5.41) is 0. The Labute approximate surface area is 203 Å². The standard InChI is InChI=1S/C17H14F20O2/c1-3-5-6-8(16(32,33)34,7(38)39-4-2)9(18,19)10(20,21)11(22,23)12(24,25)13(26,27)14(28,29)15(30,31)17(35,36)37/h3-6H2,1-2H3. The SMILES string of the molecule is CCCCC(C(=O)OCC)(C(F)(F)F)C(F)(F)C(F)(F)C(F)(F)C(F)(F)C(F)(F)C(F)(F)C(F)(F)C(F)(F)F.